The summed E-state index contributed by atoms with van der Waals surface area (Å²) in [6.07, 6.45) is 7.10. The quantitative estimate of drug-likeness (QED) is 0.725. The number of pyridine rings is 1. The Kier molecular flexibility index (Phi) is 3.81. The van der Waals surface area contributed by atoms with Crippen molar-refractivity contribution in [1.29, 1.82) is 0 Å². The first-order chi connectivity index (χ1) is 11.4. The molecule has 6 heteroatoms. The van der Waals surface area contributed by atoms with Gasteiger partial charge >= 0.3 is 0 Å². The topological polar surface area (TPSA) is 56.3 Å². The van der Waals surface area contributed by atoms with E-state index in [1.165, 1.54) is 11.3 Å². The standard InChI is InChI=1S/C17H18N4O2/c1-2-6-18-17(3-1)23-13-16-11-20(9-14-5-8-22-12-14)10-15-4-7-19-21(15)16/h1-8,12,16H,9-11,13H2/t16-/m0/s1. The maximum atomic E-state index is 5.84. The van der Waals surface area contributed by atoms with Gasteiger partial charge in [-0.1, -0.05) is 6.07 Å². The minimum absolute atomic E-state index is 0.169. The number of hydrogen-bond acceptors (Lipinski definition) is 5. The van der Waals surface area contributed by atoms with Gasteiger partial charge in [0.1, 0.15) is 6.61 Å². The smallest absolute Gasteiger partial charge is 0.213 e. The second-order valence-corrected chi connectivity index (χ2v) is 5.70. The first-order valence-electron chi connectivity index (χ1n) is 7.68. The van der Waals surface area contributed by atoms with E-state index >= 15 is 0 Å². The third-order valence-corrected chi connectivity index (χ3v) is 4.00. The molecule has 0 radical (unpaired) electrons. The van der Waals surface area contributed by atoms with Crippen molar-refractivity contribution >= 4 is 0 Å². The molecule has 1 aliphatic rings. The molecular weight excluding hydrogens is 292 g/mol. The van der Waals surface area contributed by atoms with E-state index in [0.717, 1.165) is 19.6 Å². The fraction of sp³-hybridized carbons (Fsp3) is 0.294. The van der Waals surface area contributed by atoms with E-state index in [-0.39, 0.29) is 6.04 Å². The summed E-state index contributed by atoms with van der Waals surface area (Å²) in [7, 11) is 0. The largest absolute Gasteiger partial charge is 0.475 e. The molecule has 4 heterocycles. The molecule has 4 rings (SSSR count). The zero-order valence-electron chi connectivity index (χ0n) is 12.7. The van der Waals surface area contributed by atoms with Crippen LogP contribution in [0, 0.1) is 0 Å². The Balaban J connectivity index is 1.47. The van der Waals surface area contributed by atoms with Crippen LogP contribution in [0.15, 0.2) is 59.7 Å². The molecule has 0 N–H and O–H groups in total. The molecule has 3 aromatic rings. The van der Waals surface area contributed by atoms with Gasteiger partial charge in [-0.2, -0.15) is 5.10 Å². The van der Waals surface area contributed by atoms with Gasteiger partial charge < -0.3 is 9.15 Å². The van der Waals surface area contributed by atoms with E-state index in [2.05, 4.69) is 25.7 Å². The van der Waals surface area contributed by atoms with Gasteiger partial charge in [0.05, 0.1) is 24.3 Å². The van der Waals surface area contributed by atoms with Gasteiger partial charge in [-0.05, 0) is 18.2 Å². The fourth-order valence-electron chi connectivity index (χ4n) is 2.96. The summed E-state index contributed by atoms with van der Waals surface area (Å²) in [5.41, 5.74) is 2.39. The molecule has 0 bridgehead atoms. The van der Waals surface area contributed by atoms with Crippen LogP contribution in [-0.4, -0.2) is 32.8 Å². The molecule has 1 aliphatic heterocycles. The molecule has 0 amide bonds. The molecule has 0 saturated carbocycles. The summed E-state index contributed by atoms with van der Waals surface area (Å²) in [5.74, 6) is 0.646. The average molecular weight is 310 g/mol. The van der Waals surface area contributed by atoms with Crippen LogP contribution in [0.4, 0.5) is 0 Å². The van der Waals surface area contributed by atoms with Crippen LogP contribution >= 0.6 is 0 Å². The van der Waals surface area contributed by atoms with Gasteiger partial charge in [-0.3, -0.25) is 9.58 Å². The average Bonchev–Trinajstić information content (AvgIpc) is 3.25. The third-order valence-electron chi connectivity index (χ3n) is 4.00. The lowest BCUT2D eigenvalue weighted by atomic mass is 10.2. The highest BCUT2D eigenvalue weighted by Crippen LogP contribution is 2.22. The highest BCUT2D eigenvalue weighted by Gasteiger charge is 2.26. The number of ether oxygens (including phenoxy) is 1. The van der Waals surface area contributed by atoms with E-state index in [1.54, 1.807) is 18.7 Å². The van der Waals surface area contributed by atoms with E-state index in [1.807, 2.05) is 30.5 Å². The van der Waals surface area contributed by atoms with Crippen LogP contribution in [0.1, 0.15) is 17.3 Å². The molecule has 6 nitrogen and oxygen atoms in total. The Bertz CT molecular complexity index is 739. The van der Waals surface area contributed by atoms with Gasteiger partial charge in [0, 0.05) is 43.7 Å². The fourth-order valence-corrected chi connectivity index (χ4v) is 2.96. The molecule has 0 aliphatic carbocycles. The predicted octanol–water partition coefficient (Wildman–Crippen LogP) is 2.51. The summed E-state index contributed by atoms with van der Waals surface area (Å²) in [6.45, 7) is 3.17. The summed E-state index contributed by atoms with van der Waals surface area (Å²) >= 11 is 0. The van der Waals surface area contributed by atoms with E-state index in [0.29, 0.717) is 12.5 Å². The van der Waals surface area contributed by atoms with Crippen molar-refractivity contribution in [3.63, 3.8) is 0 Å². The maximum Gasteiger partial charge on any atom is 0.213 e. The van der Waals surface area contributed by atoms with Crippen molar-refractivity contribution in [3.8, 4) is 5.88 Å². The molecule has 0 aromatic carbocycles. The highest BCUT2D eigenvalue weighted by molar-refractivity contribution is 5.11. The van der Waals surface area contributed by atoms with Crippen molar-refractivity contribution in [1.82, 2.24) is 19.7 Å². The molecular formula is C17H18N4O2. The second-order valence-electron chi connectivity index (χ2n) is 5.70. The number of rotatable bonds is 5. The Labute approximate surface area is 134 Å². The van der Waals surface area contributed by atoms with Gasteiger partial charge in [0.2, 0.25) is 5.88 Å². The summed E-state index contributed by atoms with van der Waals surface area (Å²) in [6, 6.07) is 9.92. The second kappa shape index (κ2) is 6.26. The lowest BCUT2D eigenvalue weighted by molar-refractivity contribution is 0.125. The third kappa shape index (κ3) is 3.12. The molecule has 0 fully saturated rings. The summed E-state index contributed by atoms with van der Waals surface area (Å²) < 4.78 is 13.1. The molecule has 118 valence electrons. The molecule has 1 atom stereocenters. The van der Waals surface area contributed by atoms with Gasteiger partial charge in [0.25, 0.3) is 0 Å². The monoisotopic (exact) mass is 310 g/mol. The van der Waals surface area contributed by atoms with Crippen molar-refractivity contribution < 1.29 is 9.15 Å². The van der Waals surface area contributed by atoms with Crippen molar-refractivity contribution in [2.75, 3.05) is 13.2 Å². The predicted molar refractivity (Wildman–Crippen MR) is 83.8 cm³/mol. The van der Waals surface area contributed by atoms with E-state index < -0.39 is 0 Å². The van der Waals surface area contributed by atoms with E-state index in [4.69, 9.17) is 9.15 Å². The normalized spacial score (nSPS) is 17.8. The van der Waals surface area contributed by atoms with Crippen LogP contribution in [0.25, 0.3) is 0 Å². The Morgan fingerprint density at radius 1 is 1.22 bits per heavy atom. The summed E-state index contributed by atoms with van der Waals surface area (Å²) in [4.78, 5) is 6.59. The number of aromatic nitrogens is 3. The van der Waals surface area contributed by atoms with Crippen LogP contribution in [0.5, 0.6) is 5.88 Å². The number of fused-ring (bicyclic) bond motifs is 1. The van der Waals surface area contributed by atoms with Crippen LogP contribution in [-0.2, 0) is 13.1 Å². The zero-order chi connectivity index (χ0) is 15.5. The molecule has 0 unspecified atom stereocenters. The SMILES string of the molecule is c1ccc(OC[C@@H]2CN(Cc3ccoc3)Cc3ccnn32)nc1. The maximum absolute atomic E-state index is 5.84. The van der Waals surface area contributed by atoms with Crippen LogP contribution in [0.2, 0.25) is 0 Å². The van der Waals surface area contributed by atoms with Crippen LogP contribution in [0.3, 0.4) is 0 Å². The Morgan fingerprint density at radius 3 is 3.04 bits per heavy atom. The molecule has 0 saturated heterocycles. The van der Waals surface area contributed by atoms with Gasteiger partial charge in [-0.15, -0.1) is 0 Å². The van der Waals surface area contributed by atoms with Crippen molar-refractivity contribution in [2.24, 2.45) is 0 Å². The van der Waals surface area contributed by atoms with Crippen LogP contribution < -0.4 is 4.74 Å². The minimum Gasteiger partial charge on any atom is -0.475 e. The first-order valence-corrected chi connectivity index (χ1v) is 7.68. The first kappa shape index (κ1) is 14.0. The van der Waals surface area contributed by atoms with Gasteiger partial charge in [-0.25, -0.2) is 4.98 Å². The lowest BCUT2D eigenvalue weighted by Gasteiger charge is -2.33. The van der Waals surface area contributed by atoms with E-state index in [9.17, 15) is 0 Å². The van der Waals surface area contributed by atoms with Gasteiger partial charge in [0.15, 0.2) is 0 Å². The highest BCUT2D eigenvalue weighted by atomic mass is 16.5. The minimum atomic E-state index is 0.169. The molecule has 0 spiro atoms. The number of hydrogen-bond donors (Lipinski definition) is 0. The number of furan rings is 1. The zero-order valence-corrected chi connectivity index (χ0v) is 12.7. The lowest BCUT2D eigenvalue weighted by Crippen LogP contribution is -2.39. The number of nitrogens with zero attached hydrogens (tertiary/aromatic N) is 4. The van der Waals surface area contributed by atoms with Crippen molar-refractivity contribution in [3.05, 3.63) is 66.5 Å². The Hall–Kier alpha value is -2.60. The Morgan fingerprint density at radius 2 is 2.22 bits per heavy atom. The summed E-state index contributed by atoms with van der Waals surface area (Å²) in [5, 5.41) is 4.45. The van der Waals surface area contributed by atoms with Crippen molar-refractivity contribution in [2.45, 2.75) is 19.1 Å². The molecule has 23 heavy (non-hydrogen) atoms. The molecule has 3 aromatic heterocycles.